The summed E-state index contributed by atoms with van der Waals surface area (Å²) >= 11 is 0. The number of amides is 1. The van der Waals surface area contributed by atoms with E-state index in [2.05, 4.69) is 90.9 Å². The molecule has 2 aliphatic heterocycles. The van der Waals surface area contributed by atoms with Crippen LogP contribution in [-0.4, -0.2) is 53.3 Å². The molecule has 0 bridgehead atoms. The Bertz CT molecular complexity index is 1480. The first kappa shape index (κ1) is 34.7. The molecule has 3 aliphatic rings. The van der Waals surface area contributed by atoms with Crippen LogP contribution in [0.2, 0.25) is 0 Å². The van der Waals surface area contributed by atoms with Crippen molar-refractivity contribution >= 4 is 5.91 Å². The van der Waals surface area contributed by atoms with Gasteiger partial charge in [0.1, 0.15) is 11.4 Å². The van der Waals surface area contributed by atoms with E-state index in [4.69, 9.17) is 4.74 Å². The highest BCUT2D eigenvalue weighted by Gasteiger charge is 2.43. The highest BCUT2D eigenvalue weighted by molar-refractivity contribution is 5.77. The molecule has 0 unspecified atom stereocenters. The van der Waals surface area contributed by atoms with Gasteiger partial charge in [-0.15, -0.1) is 0 Å². The predicted molar refractivity (Wildman–Crippen MR) is 194 cm³/mol. The van der Waals surface area contributed by atoms with E-state index in [9.17, 15) is 9.90 Å². The molecule has 3 aromatic rings. The molecule has 6 nitrogen and oxygen atoms in total. The quantitative estimate of drug-likeness (QED) is 0.179. The number of benzene rings is 3. The third kappa shape index (κ3) is 8.69. The van der Waals surface area contributed by atoms with E-state index in [0.717, 1.165) is 63.1 Å². The molecular formula is C42H57N3O3. The largest absolute Gasteiger partial charge is 0.487 e. The summed E-state index contributed by atoms with van der Waals surface area (Å²) in [6.07, 6.45) is 8.83. The van der Waals surface area contributed by atoms with Crippen LogP contribution < -0.4 is 15.4 Å². The zero-order valence-corrected chi connectivity index (χ0v) is 29.4. The van der Waals surface area contributed by atoms with Crippen molar-refractivity contribution in [3.63, 3.8) is 0 Å². The molecule has 1 saturated carbocycles. The Morgan fingerprint density at radius 2 is 1.77 bits per heavy atom. The lowest BCUT2D eigenvalue weighted by atomic mass is 9.85. The number of nitrogens with one attached hydrogen (secondary N) is 2. The molecule has 6 rings (SSSR count). The summed E-state index contributed by atoms with van der Waals surface area (Å²) in [5.74, 6) is 1.82. The number of carbonyl (C=O) groups excluding carboxylic acids is 1. The summed E-state index contributed by atoms with van der Waals surface area (Å²) in [5.41, 5.74) is 6.11. The lowest BCUT2D eigenvalue weighted by Crippen LogP contribution is -2.50. The maximum Gasteiger partial charge on any atom is 0.220 e. The van der Waals surface area contributed by atoms with E-state index in [1.54, 1.807) is 0 Å². The van der Waals surface area contributed by atoms with Gasteiger partial charge in [-0.3, -0.25) is 9.69 Å². The monoisotopic (exact) mass is 651 g/mol. The molecule has 3 N–H and O–H groups in total. The first-order chi connectivity index (χ1) is 23.3. The van der Waals surface area contributed by atoms with Crippen LogP contribution in [0.5, 0.6) is 5.75 Å². The molecule has 1 fully saturated rings. The molecule has 4 atom stereocenters. The van der Waals surface area contributed by atoms with E-state index in [1.165, 1.54) is 41.5 Å². The number of rotatable bonds is 13. The highest BCUT2D eigenvalue weighted by Crippen LogP contribution is 2.47. The van der Waals surface area contributed by atoms with Gasteiger partial charge in [0.2, 0.25) is 5.91 Å². The van der Waals surface area contributed by atoms with Crippen molar-refractivity contribution in [2.24, 2.45) is 5.92 Å². The number of aliphatic hydroxyl groups excluding tert-OH is 1. The number of carbonyl (C=O) groups is 1. The minimum atomic E-state index is -0.748. The van der Waals surface area contributed by atoms with Gasteiger partial charge in [0, 0.05) is 37.5 Å². The van der Waals surface area contributed by atoms with Gasteiger partial charge in [0.05, 0.1) is 12.1 Å². The van der Waals surface area contributed by atoms with Crippen LogP contribution in [0.4, 0.5) is 0 Å². The fourth-order valence-corrected chi connectivity index (χ4v) is 8.23. The highest BCUT2D eigenvalue weighted by atomic mass is 16.5. The third-order valence-electron chi connectivity index (χ3n) is 11.1. The van der Waals surface area contributed by atoms with E-state index in [0.29, 0.717) is 25.3 Å². The minimum absolute atomic E-state index is 0.0133. The van der Waals surface area contributed by atoms with Crippen molar-refractivity contribution in [2.45, 2.75) is 121 Å². The number of fused-ring (bicyclic) bond motifs is 2. The van der Waals surface area contributed by atoms with Crippen molar-refractivity contribution in [3.05, 3.63) is 101 Å². The Morgan fingerprint density at radius 1 is 1.00 bits per heavy atom. The van der Waals surface area contributed by atoms with E-state index in [-0.39, 0.29) is 23.5 Å². The van der Waals surface area contributed by atoms with Crippen LogP contribution in [0.15, 0.2) is 72.8 Å². The summed E-state index contributed by atoms with van der Waals surface area (Å²) in [4.78, 5) is 16.4. The van der Waals surface area contributed by atoms with Gasteiger partial charge in [-0.25, -0.2) is 0 Å². The maximum absolute atomic E-state index is 13.9. The number of aryl methyl sites for hydroxylation is 1. The fourth-order valence-electron chi connectivity index (χ4n) is 8.23. The average Bonchev–Trinajstić information content (AvgIpc) is 3.46. The lowest BCUT2D eigenvalue weighted by Gasteiger charge is -2.41. The second kappa shape index (κ2) is 16.0. The number of ether oxygens (including phenoxy) is 1. The van der Waals surface area contributed by atoms with Gasteiger partial charge < -0.3 is 20.5 Å². The zero-order chi connectivity index (χ0) is 33.5. The predicted octanol–water partition coefficient (Wildman–Crippen LogP) is 7.49. The van der Waals surface area contributed by atoms with Gasteiger partial charge in [-0.1, -0.05) is 87.5 Å². The minimum Gasteiger partial charge on any atom is -0.487 e. The normalized spacial score (nSPS) is 21.6. The average molecular weight is 652 g/mol. The second-order valence-electron chi connectivity index (χ2n) is 15.2. The molecule has 1 spiro atoms. The molecule has 1 aliphatic carbocycles. The number of hydrogen-bond acceptors (Lipinski definition) is 5. The molecule has 3 aromatic carbocycles. The number of hydrogen-bond donors (Lipinski definition) is 3. The molecule has 1 amide bonds. The van der Waals surface area contributed by atoms with Gasteiger partial charge in [-0.2, -0.15) is 0 Å². The molecule has 0 aromatic heterocycles. The topological polar surface area (TPSA) is 73.8 Å². The first-order valence-electron chi connectivity index (χ1n) is 18.7. The van der Waals surface area contributed by atoms with Crippen molar-refractivity contribution in [1.82, 2.24) is 15.5 Å². The molecule has 2 heterocycles. The van der Waals surface area contributed by atoms with Gasteiger partial charge in [0.15, 0.2) is 0 Å². The summed E-state index contributed by atoms with van der Waals surface area (Å²) in [6, 6.07) is 25.2. The summed E-state index contributed by atoms with van der Waals surface area (Å²) in [6.45, 7) is 10.2. The molecular weight excluding hydrogens is 594 g/mol. The van der Waals surface area contributed by atoms with E-state index in [1.807, 2.05) is 18.2 Å². The maximum atomic E-state index is 13.9. The standard InChI is InChI=1S/C42H57N3O3/c1-4-31-16-17-40-36(24-31)38(27-42(48-40)20-10-11-21-42)43-28-39(46)37(25-32-12-6-5-7-13-32)44-41(47)26-33-19-23-45(22-18-30(2)3)29-34-14-8-9-15-35(33)34/h5-9,12-17,24,30,33,37-39,43,46H,4,10-11,18-23,25-29H2,1-3H3,(H,44,47)/t33-,37+,38+,39+/m1/s1. The number of nitrogens with zero attached hydrogens (tertiary/aromatic N) is 1. The van der Waals surface area contributed by atoms with Crippen LogP contribution in [-0.2, 0) is 24.2 Å². The summed E-state index contributed by atoms with van der Waals surface area (Å²) in [5, 5.41) is 18.9. The van der Waals surface area contributed by atoms with Gasteiger partial charge in [0.25, 0.3) is 0 Å². The van der Waals surface area contributed by atoms with Crippen LogP contribution in [0.25, 0.3) is 0 Å². The van der Waals surface area contributed by atoms with Crippen molar-refractivity contribution in [3.8, 4) is 5.75 Å². The van der Waals surface area contributed by atoms with E-state index < -0.39 is 12.1 Å². The Balaban J connectivity index is 1.15. The molecule has 48 heavy (non-hydrogen) atoms. The second-order valence-corrected chi connectivity index (χ2v) is 15.2. The first-order valence-corrected chi connectivity index (χ1v) is 18.7. The Morgan fingerprint density at radius 3 is 2.54 bits per heavy atom. The zero-order valence-electron chi connectivity index (χ0n) is 29.4. The van der Waals surface area contributed by atoms with Crippen molar-refractivity contribution in [1.29, 1.82) is 0 Å². The van der Waals surface area contributed by atoms with Gasteiger partial charge >= 0.3 is 0 Å². The third-order valence-corrected chi connectivity index (χ3v) is 11.1. The Hall–Kier alpha value is -3.19. The Kier molecular flexibility index (Phi) is 11.6. The molecule has 258 valence electrons. The lowest BCUT2D eigenvalue weighted by molar-refractivity contribution is -0.123. The molecule has 0 saturated heterocycles. The van der Waals surface area contributed by atoms with E-state index >= 15 is 0 Å². The van der Waals surface area contributed by atoms with Crippen molar-refractivity contribution < 1.29 is 14.6 Å². The van der Waals surface area contributed by atoms with Gasteiger partial charge in [-0.05, 0) is 105 Å². The fraction of sp³-hybridized carbons (Fsp3) is 0.548. The smallest absolute Gasteiger partial charge is 0.220 e. The van der Waals surface area contributed by atoms with Crippen LogP contribution >= 0.6 is 0 Å². The van der Waals surface area contributed by atoms with Crippen LogP contribution in [0, 0.1) is 5.92 Å². The van der Waals surface area contributed by atoms with Crippen LogP contribution in [0.1, 0.15) is 112 Å². The Labute approximate surface area is 288 Å². The number of aliphatic hydroxyl groups is 1. The molecule has 0 radical (unpaired) electrons. The summed E-state index contributed by atoms with van der Waals surface area (Å²) in [7, 11) is 0. The SMILES string of the molecule is CCc1ccc2c(c1)[C@@H](NC[C@H](O)[C@H](Cc1ccccc1)NC(=O)C[C@H]1CCN(CCC(C)C)Cc3ccccc31)CC1(CCCC1)O2. The molecule has 6 heteroatoms. The van der Waals surface area contributed by atoms with Crippen LogP contribution in [0.3, 0.4) is 0 Å². The van der Waals surface area contributed by atoms with Crippen molar-refractivity contribution in [2.75, 3.05) is 19.6 Å². The summed E-state index contributed by atoms with van der Waals surface area (Å²) < 4.78 is 6.67.